The van der Waals surface area contributed by atoms with Gasteiger partial charge in [-0.15, -0.1) is 0 Å². The molecule has 1 aromatic heterocycles. The number of aromatic nitrogens is 3. The molecule has 3 N–H and O–H groups in total. The molecule has 0 saturated carbocycles. The summed E-state index contributed by atoms with van der Waals surface area (Å²) in [5.41, 5.74) is 7.03. The number of hydrogen-bond donors (Lipinski definition) is 2. The molecule has 0 unspecified atom stereocenters. The third-order valence-electron chi connectivity index (χ3n) is 3.48. The largest absolute Gasteiger partial charge is 0.366 e. The quantitative estimate of drug-likeness (QED) is 0.641. The van der Waals surface area contributed by atoms with Crippen LogP contribution in [0, 0.1) is 10.1 Å². The third kappa shape index (κ3) is 2.08. The lowest BCUT2D eigenvalue weighted by molar-refractivity contribution is -0.384. The average Bonchev–Trinajstić information content (AvgIpc) is 2.93. The molecule has 3 rings (SSSR count). The number of rotatable bonds is 3. The molecule has 1 aliphatic rings. The van der Waals surface area contributed by atoms with E-state index in [9.17, 15) is 14.9 Å². The first-order valence-electron chi connectivity index (χ1n) is 6.40. The van der Waals surface area contributed by atoms with Crippen LogP contribution < -0.4 is 11.1 Å². The van der Waals surface area contributed by atoms with Crippen LogP contribution >= 0.6 is 0 Å². The van der Waals surface area contributed by atoms with Gasteiger partial charge in [-0.3, -0.25) is 14.9 Å². The van der Waals surface area contributed by atoms with Gasteiger partial charge in [0.15, 0.2) is 0 Å². The van der Waals surface area contributed by atoms with Gasteiger partial charge in [0.25, 0.3) is 5.69 Å². The molecule has 0 aliphatic carbocycles. The number of carbonyl (C=O) groups is 1. The van der Waals surface area contributed by atoms with Crippen molar-refractivity contribution in [3.63, 3.8) is 0 Å². The highest BCUT2D eigenvalue weighted by molar-refractivity contribution is 5.95. The number of amides is 1. The van der Waals surface area contributed by atoms with Crippen LogP contribution in [0.5, 0.6) is 0 Å². The highest BCUT2D eigenvalue weighted by Gasteiger charge is 2.32. The Kier molecular flexibility index (Phi) is 3.09. The Labute approximate surface area is 124 Å². The third-order valence-corrected chi connectivity index (χ3v) is 3.48. The number of nitrogens with zero attached hydrogens (tertiary/aromatic N) is 4. The summed E-state index contributed by atoms with van der Waals surface area (Å²) in [6.07, 6.45) is 1.36. The average molecular weight is 300 g/mol. The van der Waals surface area contributed by atoms with Crippen molar-refractivity contribution in [1.29, 1.82) is 0 Å². The molecule has 9 heteroatoms. The summed E-state index contributed by atoms with van der Waals surface area (Å²) in [7, 11) is 0. The van der Waals surface area contributed by atoms with Gasteiger partial charge in [0.2, 0.25) is 11.9 Å². The number of nitro benzene ring substituents is 1. The molecule has 22 heavy (non-hydrogen) atoms. The first-order chi connectivity index (χ1) is 10.5. The second-order valence-electron chi connectivity index (χ2n) is 4.81. The van der Waals surface area contributed by atoms with Crippen LogP contribution in [0.1, 0.15) is 18.5 Å². The molecule has 1 atom stereocenters. The zero-order valence-corrected chi connectivity index (χ0v) is 11.6. The number of allylic oxidation sites excluding steroid dienone is 1. The van der Waals surface area contributed by atoms with Crippen molar-refractivity contribution in [2.45, 2.75) is 13.0 Å². The molecular formula is C13H12N6O3. The van der Waals surface area contributed by atoms with Gasteiger partial charge in [-0.25, -0.2) is 4.68 Å². The zero-order valence-electron chi connectivity index (χ0n) is 11.6. The Morgan fingerprint density at radius 3 is 2.68 bits per heavy atom. The normalized spacial score (nSPS) is 16.9. The van der Waals surface area contributed by atoms with E-state index in [1.165, 1.54) is 23.1 Å². The van der Waals surface area contributed by atoms with Crippen molar-refractivity contribution in [3.8, 4) is 0 Å². The predicted molar refractivity (Wildman–Crippen MR) is 76.8 cm³/mol. The van der Waals surface area contributed by atoms with E-state index in [1.54, 1.807) is 19.1 Å². The van der Waals surface area contributed by atoms with Gasteiger partial charge in [0, 0.05) is 17.8 Å². The number of carbonyl (C=O) groups excluding carboxylic acids is 1. The number of nitrogens with one attached hydrogen (secondary N) is 1. The summed E-state index contributed by atoms with van der Waals surface area (Å²) in [4.78, 5) is 26.2. The molecule has 0 fully saturated rings. The highest BCUT2D eigenvalue weighted by Crippen LogP contribution is 2.34. The first kappa shape index (κ1) is 13.7. The zero-order chi connectivity index (χ0) is 15.9. The maximum Gasteiger partial charge on any atom is 0.269 e. The number of hydrogen-bond acceptors (Lipinski definition) is 6. The lowest BCUT2D eigenvalue weighted by Crippen LogP contribution is -2.31. The number of benzene rings is 1. The molecule has 0 spiro atoms. The summed E-state index contributed by atoms with van der Waals surface area (Å²) in [6.45, 7) is 1.72. The van der Waals surface area contributed by atoms with E-state index in [0.717, 1.165) is 0 Å². The minimum atomic E-state index is -0.588. The van der Waals surface area contributed by atoms with Crippen molar-refractivity contribution >= 4 is 17.5 Å². The van der Waals surface area contributed by atoms with Crippen LogP contribution in [0.2, 0.25) is 0 Å². The Balaban J connectivity index is 2.14. The molecule has 0 bridgehead atoms. The molecule has 2 heterocycles. The Bertz CT molecular complexity index is 792. The molecule has 1 aliphatic heterocycles. The SMILES string of the molecule is CC1=C(C(N)=O)[C@H](c2ccc([N+](=O)[O-])cc2)n2ncnc2N1. The molecule has 2 aromatic rings. The number of fused-ring (bicyclic) bond motifs is 1. The summed E-state index contributed by atoms with van der Waals surface area (Å²) in [5, 5.41) is 17.8. The predicted octanol–water partition coefficient (Wildman–Crippen LogP) is 0.960. The fourth-order valence-corrected chi connectivity index (χ4v) is 2.50. The van der Waals surface area contributed by atoms with Gasteiger partial charge in [-0.05, 0) is 24.6 Å². The molecule has 112 valence electrons. The number of nitrogens with two attached hydrogens (primary N) is 1. The summed E-state index contributed by atoms with van der Waals surface area (Å²) >= 11 is 0. The number of non-ortho nitro benzene ring substituents is 1. The molecule has 0 radical (unpaired) electrons. The minimum Gasteiger partial charge on any atom is -0.366 e. The Morgan fingerprint density at radius 1 is 1.41 bits per heavy atom. The summed E-state index contributed by atoms with van der Waals surface area (Å²) in [5.74, 6) is -0.111. The van der Waals surface area contributed by atoms with E-state index in [0.29, 0.717) is 22.8 Å². The van der Waals surface area contributed by atoms with E-state index in [1.807, 2.05) is 0 Å². The van der Waals surface area contributed by atoms with Gasteiger partial charge in [-0.2, -0.15) is 10.1 Å². The second-order valence-corrected chi connectivity index (χ2v) is 4.81. The maximum absolute atomic E-state index is 11.8. The molecule has 1 aromatic carbocycles. The van der Waals surface area contributed by atoms with Gasteiger partial charge < -0.3 is 11.1 Å². The number of primary amides is 1. The van der Waals surface area contributed by atoms with Gasteiger partial charge in [0.05, 0.1) is 10.5 Å². The molecular weight excluding hydrogens is 288 g/mol. The molecule has 0 saturated heterocycles. The van der Waals surface area contributed by atoms with Crippen LogP contribution in [-0.4, -0.2) is 25.6 Å². The van der Waals surface area contributed by atoms with Crippen LogP contribution in [0.15, 0.2) is 41.9 Å². The first-order valence-corrected chi connectivity index (χ1v) is 6.40. The summed E-state index contributed by atoms with van der Waals surface area (Å²) in [6, 6.07) is 5.34. The standard InChI is InChI=1S/C13H12N6O3/c1-7-10(12(14)20)11(18-13(17-7)15-6-16-18)8-2-4-9(5-3-8)19(21)22/h2-6,11H,1H3,(H2,14,20)(H,15,16,17)/t11-/m0/s1. The topological polar surface area (TPSA) is 129 Å². The van der Waals surface area contributed by atoms with Crippen LogP contribution in [0.3, 0.4) is 0 Å². The number of anilines is 1. The van der Waals surface area contributed by atoms with Gasteiger partial charge >= 0.3 is 0 Å². The molecule has 9 nitrogen and oxygen atoms in total. The lowest BCUT2D eigenvalue weighted by atomic mass is 9.95. The fraction of sp³-hybridized carbons (Fsp3) is 0.154. The smallest absolute Gasteiger partial charge is 0.269 e. The van der Waals surface area contributed by atoms with E-state index in [-0.39, 0.29) is 5.69 Å². The second kappa shape index (κ2) is 4.95. The van der Waals surface area contributed by atoms with Crippen LogP contribution in [0.25, 0.3) is 0 Å². The van der Waals surface area contributed by atoms with Crippen LogP contribution in [-0.2, 0) is 4.79 Å². The van der Waals surface area contributed by atoms with Crippen molar-refractivity contribution in [3.05, 3.63) is 57.5 Å². The lowest BCUT2D eigenvalue weighted by Gasteiger charge is -2.27. The maximum atomic E-state index is 11.8. The van der Waals surface area contributed by atoms with Crippen LogP contribution in [0.4, 0.5) is 11.6 Å². The minimum absolute atomic E-state index is 0.0298. The van der Waals surface area contributed by atoms with E-state index in [4.69, 9.17) is 5.73 Å². The van der Waals surface area contributed by atoms with Gasteiger partial charge in [-0.1, -0.05) is 0 Å². The summed E-state index contributed by atoms with van der Waals surface area (Å²) < 4.78 is 1.52. The molecule has 1 amide bonds. The van der Waals surface area contributed by atoms with Crippen molar-refractivity contribution in [2.24, 2.45) is 5.73 Å². The Hall–Kier alpha value is -3.23. The van der Waals surface area contributed by atoms with Crippen molar-refractivity contribution in [2.75, 3.05) is 5.32 Å². The highest BCUT2D eigenvalue weighted by atomic mass is 16.6. The Morgan fingerprint density at radius 2 is 2.09 bits per heavy atom. The van der Waals surface area contributed by atoms with E-state index >= 15 is 0 Å². The number of nitro groups is 1. The van der Waals surface area contributed by atoms with E-state index in [2.05, 4.69) is 15.4 Å². The fourth-order valence-electron chi connectivity index (χ4n) is 2.50. The van der Waals surface area contributed by atoms with E-state index < -0.39 is 16.9 Å². The van der Waals surface area contributed by atoms with Gasteiger partial charge in [0.1, 0.15) is 12.4 Å². The van der Waals surface area contributed by atoms with Crippen molar-refractivity contribution in [1.82, 2.24) is 14.8 Å². The van der Waals surface area contributed by atoms with Crippen molar-refractivity contribution < 1.29 is 9.72 Å². The monoisotopic (exact) mass is 300 g/mol.